The van der Waals surface area contributed by atoms with Gasteiger partial charge in [-0.1, -0.05) is 30.7 Å². The number of hydrogen-bond acceptors (Lipinski definition) is 3. The molecule has 1 saturated carbocycles. The molecule has 1 aliphatic carbocycles. The quantitative estimate of drug-likeness (QED) is 0.830. The molecule has 1 aliphatic rings. The summed E-state index contributed by atoms with van der Waals surface area (Å²) in [5.41, 5.74) is -1.25. The third-order valence-corrected chi connectivity index (χ3v) is 4.85. The lowest BCUT2D eigenvalue weighted by atomic mass is 9.79. The molecule has 0 unspecified atom stereocenters. The van der Waals surface area contributed by atoms with E-state index in [0.717, 1.165) is 32.1 Å². The standard InChI is InChI=1S/C18H20BF3O3/c1-17(9-3-2-4-10-17)25-15-8-5-12-11-13(19(23)24)6-7-14(12)16(15)18(20,21)22/h5-8,11,23-24H,2-4,9-10H2,1H3. The number of ether oxygens (including phenoxy) is 1. The molecule has 0 aromatic heterocycles. The van der Waals surface area contributed by atoms with Gasteiger partial charge in [-0.25, -0.2) is 0 Å². The van der Waals surface area contributed by atoms with Crippen molar-refractivity contribution in [3.05, 3.63) is 35.9 Å². The van der Waals surface area contributed by atoms with Crippen LogP contribution in [0, 0.1) is 0 Å². The molecule has 134 valence electrons. The van der Waals surface area contributed by atoms with Crippen LogP contribution in [0.25, 0.3) is 10.8 Å². The minimum Gasteiger partial charge on any atom is -0.487 e. The fraction of sp³-hybridized carbons (Fsp3) is 0.444. The van der Waals surface area contributed by atoms with E-state index in [1.165, 1.54) is 30.3 Å². The van der Waals surface area contributed by atoms with Gasteiger partial charge in [-0.15, -0.1) is 0 Å². The van der Waals surface area contributed by atoms with Gasteiger partial charge >= 0.3 is 13.3 Å². The lowest BCUT2D eigenvalue weighted by Crippen LogP contribution is -2.35. The van der Waals surface area contributed by atoms with Crippen molar-refractivity contribution in [2.24, 2.45) is 0 Å². The number of alkyl halides is 3. The molecular weight excluding hydrogens is 332 g/mol. The molecule has 0 atom stereocenters. The van der Waals surface area contributed by atoms with Crippen molar-refractivity contribution < 1.29 is 28.0 Å². The Balaban J connectivity index is 2.10. The summed E-state index contributed by atoms with van der Waals surface area (Å²) in [6.45, 7) is 1.86. The third-order valence-electron chi connectivity index (χ3n) is 4.85. The Morgan fingerprint density at radius 2 is 1.72 bits per heavy atom. The summed E-state index contributed by atoms with van der Waals surface area (Å²) in [6, 6.07) is 6.76. The summed E-state index contributed by atoms with van der Waals surface area (Å²) in [6.07, 6.45) is -0.128. The zero-order chi connectivity index (χ0) is 18.2. The first-order valence-corrected chi connectivity index (χ1v) is 8.39. The van der Waals surface area contributed by atoms with Crippen LogP contribution in [0.4, 0.5) is 13.2 Å². The van der Waals surface area contributed by atoms with E-state index in [1.807, 2.05) is 6.92 Å². The van der Waals surface area contributed by atoms with Crippen molar-refractivity contribution in [2.75, 3.05) is 0 Å². The fourth-order valence-corrected chi connectivity index (χ4v) is 3.53. The van der Waals surface area contributed by atoms with Crippen molar-refractivity contribution in [1.82, 2.24) is 0 Å². The third kappa shape index (κ3) is 3.77. The summed E-state index contributed by atoms with van der Waals surface area (Å²) in [7, 11) is -1.73. The van der Waals surface area contributed by atoms with E-state index in [-0.39, 0.29) is 16.6 Å². The molecule has 7 heteroatoms. The molecule has 2 aromatic carbocycles. The molecule has 0 radical (unpaired) electrons. The highest BCUT2D eigenvalue weighted by atomic mass is 19.4. The van der Waals surface area contributed by atoms with Gasteiger partial charge < -0.3 is 14.8 Å². The summed E-state index contributed by atoms with van der Waals surface area (Å²) < 4.78 is 47.1. The van der Waals surface area contributed by atoms with Crippen LogP contribution in [0.15, 0.2) is 30.3 Å². The molecule has 0 spiro atoms. The maximum absolute atomic E-state index is 13.7. The van der Waals surface area contributed by atoms with Crippen molar-refractivity contribution in [3.8, 4) is 5.75 Å². The van der Waals surface area contributed by atoms with Gasteiger partial charge in [-0.2, -0.15) is 13.2 Å². The molecular formula is C18H20BF3O3. The van der Waals surface area contributed by atoms with E-state index < -0.39 is 24.5 Å². The average Bonchev–Trinajstić information content (AvgIpc) is 2.53. The topological polar surface area (TPSA) is 49.7 Å². The van der Waals surface area contributed by atoms with Gasteiger partial charge in [-0.3, -0.25) is 0 Å². The maximum Gasteiger partial charge on any atom is 0.488 e. The molecule has 3 rings (SSSR count). The summed E-state index contributed by atoms with van der Waals surface area (Å²) in [5.74, 6) is -0.165. The van der Waals surface area contributed by atoms with Crippen LogP contribution in [-0.4, -0.2) is 22.8 Å². The van der Waals surface area contributed by atoms with Crippen LogP contribution in [0.5, 0.6) is 5.75 Å². The molecule has 3 nitrogen and oxygen atoms in total. The Morgan fingerprint density at radius 3 is 2.32 bits per heavy atom. The van der Waals surface area contributed by atoms with Crippen molar-refractivity contribution in [3.63, 3.8) is 0 Å². The Kier molecular flexibility index (Phi) is 4.73. The van der Waals surface area contributed by atoms with Crippen LogP contribution in [0.1, 0.15) is 44.6 Å². The normalized spacial score (nSPS) is 17.5. The lowest BCUT2D eigenvalue weighted by Gasteiger charge is -2.35. The van der Waals surface area contributed by atoms with Crippen molar-refractivity contribution in [1.29, 1.82) is 0 Å². The predicted octanol–water partition coefficient (Wildman–Crippen LogP) is 3.64. The highest BCUT2D eigenvalue weighted by Crippen LogP contribution is 2.43. The molecule has 2 aromatic rings. The SMILES string of the molecule is CC1(Oc2ccc3cc(B(O)O)ccc3c2C(F)(F)F)CCCCC1. The molecule has 25 heavy (non-hydrogen) atoms. The van der Waals surface area contributed by atoms with Crippen LogP contribution in [0.3, 0.4) is 0 Å². The van der Waals surface area contributed by atoms with Crippen LogP contribution in [0.2, 0.25) is 0 Å². The second-order valence-electron chi connectivity index (χ2n) is 6.90. The van der Waals surface area contributed by atoms with Gasteiger partial charge in [0.15, 0.2) is 0 Å². The van der Waals surface area contributed by atoms with Gasteiger partial charge in [0.05, 0.1) is 0 Å². The number of halogens is 3. The number of benzene rings is 2. The highest BCUT2D eigenvalue weighted by Gasteiger charge is 2.39. The zero-order valence-corrected chi connectivity index (χ0v) is 13.9. The number of fused-ring (bicyclic) bond motifs is 1. The maximum atomic E-state index is 13.7. The number of rotatable bonds is 3. The van der Waals surface area contributed by atoms with E-state index in [0.29, 0.717) is 5.39 Å². The average molecular weight is 352 g/mol. The van der Waals surface area contributed by atoms with Gasteiger partial charge in [0.25, 0.3) is 0 Å². The van der Waals surface area contributed by atoms with Gasteiger partial charge in [0.2, 0.25) is 0 Å². The van der Waals surface area contributed by atoms with E-state index in [9.17, 15) is 23.2 Å². The van der Waals surface area contributed by atoms with Crippen molar-refractivity contribution in [2.45, 2.75) is 50.8 Å². The zero-order valence-electron chi connectivity index (χ0n) is 13.9. The molecule has 0 amide bonds. The second kappa shape index (κ2) is 6.54. The smallest absolute Gasteiger partial charge is 0.487 e. The largest absolute Gasteiger partial charge is 0.488 e. The molecule has 0 aliphatic heterocycles. The van der Waals surface area contributed by atoms with Crippen LogP contribution >= 0.6 is 0 Å². The highest BCUT2D eigenvalue weighted by molar-refractivity contribution is 6.58. The van der Waals surface area contributed by atoms with E-state index in [1.54, 1.807) is 0 Å². The fourth-order valence-electron chi connectivity index (χ4n) is 3.53. The Labute approximate surface area is 144 Å². The van der Waals surface area contributed by atoms with Gasteiger partial charge in [0, 0.05) is 0 Å². The number of hydrogen-bond donors (Lipinski definition) is 2. The van der Waals surface area contributed by atoms with E-state index >= 15 is 0 Å². The van der Waals surface area contributed by atoms with E-state index in [4.69, 9.17) is 4.74 Å². The van der Waals surface area contributed by atoms with E-state index in [2.05, 4.69) is 0 Å². The summed E-state index contributed by atoms with van der Waals surface area (Å²) >= 11 is 0. The first-order chi connectivity index (χ1) is 11.7. The summed E-state index contributed by atoms with van der Waals surface area (Å²) in [5, 5.41) is 18.7. The Bertz CT molecular complexity index is 768. The van der Waals surface area contributed by atoms with Gasteiger partial charge in [0.1, 0.15) is 16.9 Å². The predicted molar refractivity (Wildman–Crippen MR) is 90.9 cm³/mol. The van der Waals surface area contributed by atoms with Gasteiger partial charge in [-0.05, 0) is 54.9 Å². The van der Waals surface area contributed by atoms with Crippen LogP contribution in [-0.2, 0) is 6.18 Å². The minimum atomic E-state index is -4.57. The molecule has 1 fully saturated rings. The Hall–Kier alpha value is -1.73. The second-order valence-corrected chi connectivity index (χ2v) is 6.90. The molecule has 0 saturated heterocycles. The first kappa shape index (κ1) is 18.1. The minimum absolute atomic E-state index is 0.00573. The monoisotopic (exact) mass is 352 g/mol. The molecule has 0 bridgehead atoms. The Morgan fingerprint density at radius 1 is 1.04 bits per heavy atom. The molecule has 2 N–H and O–H groups in total. The van der Waals surface area contributed by atoms with Crippen molar-refractivity contribution >= 4 is 23.4 Å². The summed E-state index contributed by atoms with van der Waals surface area (Å²) in [4.78, 5) is 0. The molecule has 0 heterocycles. The van der Waals surface area contributed by atoms with Crippen LogP contribution < -0.4 is 10.2 Å². The first-order valence-electron chi connectivity index (χ1n) is 8.39. The lowest BCUT2D eigenvalue weighted by molar-refractivity contribution is -0.138.